The SMILES string of the molecule is Cc1cc(C(=O)NCCN2CCCCC2C)on1. The van der Waals surface area contributed by atoms with Crippen LogP contribution in [0.3, 0.4) is 0 Å². The summed E-state index contributed by atoms with van der Waals surface area (Å²) >= 11 is 0. The lowest BCUT2D eigenvalue weighted by Crippen LogP contribution is -2.42. The first-order valence-electron chi connectivity index (χ1n) is 6.62. The molecule has 1 unspecified atom stereocenters. The van der Waals surface area contributed by atoms with E-state index in [0.717, 1.165) is 18.8 Å². The Hall–Kier alpha value is -1.36. The van der Waals surface area contributed by atoms with Crippen LogP contribution in [0.4, 0.5) is 0 Å². The van der Waals surface area contributed by atoms with E-state index in [-0.39, 0.29) is 5.91 Å². The summed E-state index contributed by atoms with van der Waals surface area (Å²) in [6.45, 7) is 6.75. The number of piperidine rings is 1. The van der Waals surface area contributed by atoms with Gasteiger partial charge in [0.05, 0.1) is 5.69 Å². The molecule has 1 aromatic heterocycles. The van der Waals surface area contributed by atoms with Crippen molar-refractivity contribution in [2.24, 2.45) is 0 Å². The van der Waals surface area contributed by atoms with Gasteiger partial charge in [0, 0.05) is 25.2 Å². The highest BCUT2D eigenvalue weighted by Gasteiger charge is 2.18. The van der Waals surface area contributed by atoms with E-state index in [1.165, 1.54) is 19.3 Å². The number of likely N-dealkylation sites (tertiary alicyclic amines) is 1. The van der Waals surface area contributed by atoms with Crippen molar-refractivity contribution in [2.75, 3.05) is 19.6 Å². The monoisotopic (exact) mass is 251 g/mol. The zero-order valence-electron chi connectivity index (χ0n) is 11.1. The van der Waals surface area contributed by atoms with Gasteiger partial charge in [-0.25, -0.2) is 0 Å². The van der Waals surface area contributed by atoms with Gasteiger partial charge in [0.2, 0.25) is 5.76 Å². The minimum atomic E-state index is -0.180. The maximum Gasteiger partial charge on any atom is 0.289 e. The molecule has 18 heavy (non-hydrogen) atoms. The predicted octanol–water partition coefficient (Wildman–Crippen LogP) is 1.59. The van der Waals surface area contributed by atoms with Crippen LogP contribution in [0.15, 0.2) is 10.6 Å². The summed E-state index contributed by atoms with van der Waals surface area (Å²) in [6, 6.07) is 2.28. The molecular weight excluding hydrogens is 230 g/mol. The van der Waals surface area contributed by atoms with Gasteiger partial charge < -0.3 is 9.84 Å². The molecule has 1 fully saturated rings. The van der Waals surface area contributed by atoms with Gasteiger partial charge in [0.15, 0.2) is 0 Å². The van der Waals surface area contributed by atoms with E-state index in [9.17, 15) is 4.79 Å². The topological polar surface area (TPSA) is 58.4 Å². The molecule has 0 bridgehead atoms. The maximum atomic E-state index is 11.7. The third-order valence-electron chi connectivity index (χ3n) is 3.48. The molecule has 0 saturated carbocycles. The molecule has 0 aromatic carbocycles. The smallest absolute Gasteiger partial charge is 0.289 e. The second kappa shape index (κ2) is 6.00. The highest BCUT2D eigenvalue weighted by molar-refractivity contribution is 5.91. The van der Waals surface area contributed by atoms with E-state index in [0.29, 0.717) is 18.3 Å². The fraction of sp³-hybridized carbons (Fsp3) is 0.692. The highest BCUT2D eigenvalue weighted by Crippen LogP contribution is 2.15. The Labute approximate surface area is 108 Å². The summed E-state index contributed by atoms with van der Waals surface area (Å²) in [5.74, 6) is 0.111. The Bertz CT molecular complexity index is 403. The molecule has 5 nitrogen and oxygen atoms in total. The Kier molecular flexibility index (Phi) is 4.36. The summed E-state index contributed by atoms with van der Waals surface area (Å²) in [7, 11) is 0. The molecule has 1 amide bonds. The van der Waals surface area contributed by atoms with Gasteiger partial charge in [-0.1, -0.05) is 11.6 Å². The quantitative estimate of drug-likeness (QED) is 0.882. The number of nitrogens with zero attached hydrogens (tertiary/aromatic N) is 2. The molecule has 1 saturated heterocycles. The second-order valence-electron chi connectivity index (χ2n) is 4.97. The zero-order chi connectivity index (χ0) is 13.0. The van der Waals surface area contributed by atoms with Gasteiger partial charge in [-0.15, -0.1) is 0 Å². The first kappa shape index (κ1) is 13.1. The van der Waals surface area contributed by atoms with E-state index < -0.39 is 0 Å². The predicted molar refractivity (Wildman–Crippen MR) is 68.5 cm³/mol. The van der Waals surface area contributed by atoms with Crippen molar-refractivity contribution in [3.05, 3.63) is 17.5 Å². The van der Waals surface area contributed by atoms with Crippen molar-refractivity contribution in [1.82, 2.24) is 15.4 Å². The number of aryl methyl sites for hydroxylation is 1. The van der Waals surface area contributed by atoms with E-state index >= 15 is 0 Å². The van der Waals surface area contributed by atoms with Crippen LogP contribution in [0.25, 0.3) is 0 Å². The van der Waals surface area contributed by atoms with Crippen LogP contribution in [0.5, 0.6) is 0 Å². The molecule has 1 aromatic rings. The molecule has 100 valence electrons. The molecule has 2 heterocycles. The Morgan fingerprint density at radius 2 is 2.44 bits per heavy atom. The van der Waals surface area contributed by atoms with Crippen molar-refractivity contribution < 1.29 is 9.32 Å². The largest absolute Gasteiger partial charge is 0.351 e. The first-order valence-corrected chi connectivity index (χ1v) is 6.62. The third kappa shape index (κ3) is 3.32. The van der Waals surface area contributed by atoms with Crippen LogP contribution in [0.2, 0.25) is 0 Å². The molecule has 2 rings (SSSR count). The standard InChI is InChI=1S/C13H21N3O2/c1-10-9-12(18-15-10)13(17)14-6-8-16-7-4-3-5-11(16)2/h9,11H,3-8H2,1-2H3,(H,14,17). The summed E-state index contributed by atoms with van der Waals surface area (Å²) in [5.41, 5.74) is 0.727. The van der Waals surface area contributed by atoms with Gasteiger partial charge in [-0.2, -0.15) is 0 Å². The van der Waals surface area contributed by atoms with E-state index in [2.05, 4.69) is 22.3 Å². The molecule has 0 radical (unpaired) electrons. The van der Waals surface area contributed by atoms with Gasteiger partial charge >= 0.3 is 0 Å². The number of hydrogen-bond acceptors (Lipinski definition) is 4. The number of amides is 1. The normalized spacial score (nSPS) is 20.9. The van der Waals surface area contributed by atoms with E-state index in [1.54, 1.807) is 13.0 Å². The van der Waals surface area contributed by atoms with Gasteiger partial charge in [0.25, 0.3) is 5.91 Å². The van der Waals surface area contributed by atoms with Crippen LogP contribution in [0.1, 0.15) is 42.4 Å². The van der Waals surface area contributed by atoms with Gasteiger partial charge in [0.1, 0.15) is 0 Å². The minimum Gasteiger partial charge on any atom is -0.351 e. The Morgan fingerprint density at radius 1 is 1.61 bits per heavy atom. The molecule has 1 N–H and O–H groups in total. The van der Waals surface area contributed by atoms with Crippen molar-refractivity contribution in [3.63, 3.8) is 0 Å². The third-order valence-corrected chi connectivity index (χ3v) is 3.48. The van der Waals surface area contributed by atoms with Crippen molar-refractivity contribution in [2.45, 2.75) is 39.2 Å². The van der Waals surface area contributed by atoms with Crippen LogP contribution in [-0.4, -0.2) is 41.6 Å². The van der Waals surface area contributed by atoms with Crippen LogP contribution in [0, 0.1) is 6.92 Å². The average Bonchev–Trinajstić information content (AvgIpc) is 2.78. The van der Waals surface area contributed by atoms with Crippen LogP contribution in [-0.2, 0) is 0 Å². The number of nitrogens with one attached hydrogen (secondary N) is 1. The lowest BCUT2D eigenvalue weighted by atomic mass is 10.0. The number of aromatic nitrogens is 1. The summed E-state index contributed by atoms with van der Waals surface area (Å²) in [4.78, 5) is 14.1. The number of rotatable bonds is 4. The summed E-state index contributed by atoms with van der Waals surface area (Å²) < 4.78 is 4.91. The fourth-order valence-corrected chi connectivity index (χ4v) is 2.36. The van der Waals surface area contributed by atoms with Crippen LogP contribution >= 0.6 is 0 Å². The Balaban J connectivity index is 1.73. The molecular formula is C13H21N3O2. The molecule has 5 heteroatoms. The first-order chi connectivity index (χ1) is 8.66. The molecule has 1 aliphatic heterocycles. The van der Waals surface area contributed by atoms with Crippen molar-refractivity contribution in [3.8, 4) is 0 Å². The maximum absolute atomic E-state index is 11.7. The van der Waals surface area contributed by atoms with Gasteiger partial charge in [-0.3, -0.25) is 9.69 Å². The van der Waals surface area contributed by atoms with E-state index in [4.69, 9.17) is 4.52 Å². The number of carbonyl (C=O) groups is 1. The van der Waals surface area contributed by atoms with Gasteiger partial charge in [-0.05, 0) is 33.2 Å². The molecule has 1 aliphatic rings. The van der Waals surface area contributed by atoms with E-state index in [1.807, 2.05) is 0 Å². The molecule has 1 atom stereocenters. The van der Waals surface area contributed by atoms with Crippen LogP contribution < -0.4 is 5.32 Å². The lowest BCUT2D eigenvalue weighted by Gasteiger charge is -2.33. The molecule has 0 spiro atoms. The highest BCUT2D eigenvalue weighted by atomic mass is 16.5. The van der Waals surface area contributed by atoms with Crippen molar-refractivity contribution >= 4 is 5.91 Å². The Morgan fingerprint density at radius 3 is 3.11 bits per heavy atom. The second-order valence-corrected chi connectivity index (χ2v) is 4.97. The minimum absolute atomic E-state index is 0.180. The van der Waals surface area contributed by atoms with Crippen molar-refractivity contribution in [1.29, 1.82) is 0 Å². The number of hydrogen-bond donors (Lipinski definition) is 1. The summed E-state index contributed by atoms with van der Waals surface area (Å²) in [5, 5.41) is 6.57. The summed E-state index contributed by atoms with van der Waals surface area (Å²) in [6.07, 6.45) is 3.84. The lowest BCUT2D eigenvalue weighted by molar-refractivity contribution is 0.0902. The number of carbonyl (C=O) groups excluding carboxylic acids is 1. The molecule has 0 aliphatic carbocycles. The average molecular weight is 251 g/mol. The zero-order valence-corrected chi connectivity index (χ0v) is 11.1. The fourth-order valence-electron chi connectivity index (χ4n) is 2.36.